The Morgan fingerprint density at radius 1 is 1.04 bits per heavy atom. The lowest BCUT2D eigenvalue weighted by Gasteiger charge is -2.23. The third kappa shape index (κ3) is 6.37. The molecule has 7 heteroatoms. The van der Waals surface area contributed by atoms with Crippen molar-refractivity contribution in [1.29, 1.82) is 0 Å². The standard InChI is InChI=1S/C16H23N3O4/c1-10(2)13(14(20)18-11(3)15(21)22)19-16(23)17-9-12-7-5-4-6-8-12/h4-8,10-11,13H,9H2,1-3H3,(H,18,20)(H,21,22)(H2,17,19,23)/t11-,13?/m1/s1. The van der Waals surface area contributed by atoms with E-state index in [9.17, 15) is 14.4 Å². The smallest absolute Gasteiger partial charge is 0.325 e. The van der Waals surface area contributed by atoms with Gasteiger partial charge in [0.25, 0.3) is 0 Å². The molecular formula is C16H23N3O4. The maximum Gasteiger partial charge on any atom is 0.325 e. The van der Waals surface area contributed by atoms with E-state index in [0.717, 1.165) is 5.56 Å². The van der Waals surface area contributed by atoms with Crippen molar-refractivity contribution in [3.05, 3.63) is 35.9 Å². The SMILES string of the molecule is CC(C)C(NC(=O)NCc1ccccc1)C(=O)N[C@H](C)C(=O)O. The lowest BCUT2D eigenvalue weighted by atomic mass is 10.0. The zero-order valence-electron chi connectivity index (χ0n) is 13.5. The second kappa shape index (κ2) is 8.77. The van der Waals surface area contributed by atoms with E-state index >= 15 is 0 Å². The third-order valence-electron chi connectivity index (χ3n) is 3.26. The van der Waals surface area contributed by atoms with Gasteiger partial charge in [-0.05, 0) is 18.4 Å². The number of amides is 3. The van der Waals surface area contributed by atoms with Gasteiger partial charge < -0.3 is 21.1 Å². The number of aliphatic carboxylic acids is 1. The summed E-state index contributed by atoms with van der Waals surface area (Å²) >= 11 is 0. The number of nitrogens with one attached hydrogen (secondary N) is 3. The van der Waals surface area contributed by atoms with Gasteiger partial charge >= 0.3 is 12.0 Å². The molecule has 0 aliphatic carbocycles. The van der Waals surface area contributed by atoms with E-state index < -0.39 is 30.0 Å². The molecule has 0 aliphatic rings. The molecule has 0 heterocycles. The molecule has 0 radical (unpaired) electrons. The largest absolute Gasteiger partial charge is 0.480 e. The van der Waals surface area contributed by atoms with E-state index in [1.165, 1.54) is 6.92 Å². The van der Waals surface area contributed by atoms with Gasteiger partial charge in [0.2, 0.25) is 5.91 Å². The van der Waals surface area contributed by atoms with Crippen molar-refractivity contribution in [2.45, 2.75) is 39.4 Å². The molecule has 0 saturated carbocycles. The monoisotopic (exact) mass is 321 g/mol. The first-order valence-electron chi connectivity index (χ1n) is 7.42. The minimum absolute atomic E-state index is 0.182. The van der Waals surface area contributed by atoms with Crippen molar-refractivity contribution in [1.82, 2.24) is 16.0 Å². The molecule has 3 amide bonds. The fourth-order valence-corrected chi connectivity index (χ4v) is 1.87. The van der Waals surface area contributed by atoms with Crippen LogP contribution in [0, 0.1) is 5.92 Å². The van der Waals surface area contributed by atoms with Crippen molar-refractivity contribution in [3.8, 4) is 0 Å². The van der Waals surface area contributed by atoms with E-state index in [0.29, 0.717) is 6.54 Å². The van der Waals surface area contributed by atoms with Gasteiger partial charge in [-0.2, -0.15) is 0 Å². The molecular weight excluding hydrogens is 298 g/mol. The van der Waals surface area contributed by atoms with Gasteiger partial charge in [0.1, 0.15) is 12.1 Å². The molecule has 1 aromatic carbocycles. The molecule has 4 N–H and O–H groups in total. The Bertz CT molecular complexity index is 546. The molecule has 7 nitrogen and oxygen atoms in total. The van der Waals surface area contributed by atoms with Crippen LogP contribution in [0.5, 0.6) is 0 Å². The van der Waals surface area contributed by atoms with Gasteiger partial charge in [0.05, 0.1) is 0 Å². The minimum atomic E-state index is -1.13. The van der Waals surface area contributed by atoms with Crippen LogP contribution in [0.1, 0.15) is 26.3 Å². The summed E-state index contributed by atoms with van der Waals surface area (Å²) in [6.07, 6.45) is 0. The second-order valence-corrected chi connectivity index (χ2v) is 5.60. The zero-order chi connectivity index (χ0) is 17.4. The number of hydrogen-bond acceptors (Lipinski definition) is 3. The van der Waals surface area contributed by atoms with Crippen molar-refractivity contribution in [2.75, 3.05) is 0 Å². The first-order chi connectivity index (χ1) is 10.8. The number of benzene rings is 1. The molecule has 0 aliphatic heterocycles. The summed E-state index contributed by atoms with van der Waals surface area (Å²) in [4.78, 5) is 34.8. The summed E-state index contributed by atoms with van der Waals surface area (Å²) in [6.45, 7) is 5.25. The van der Waals surface area contributed by atoms with Crippen LogP contribution in [0.25, 0.3) is 0 Å². The predicted octanol–water partition coefficient (Wildman–Crippen LogP) is 1.10. The van der Waals surface area contributed by atoms with Crippen LogP contribution in [-0.2, 0) is 16.1 Å². The first-order valence-corrected chi connectivity index (χ1v) is 7.42. The van der Waals surface area contributed by atoms with Crippen LogP contribution in [0.15, 0.2) is 30.3 Å². The topological polar surface area (TPSA) is 108 Å². The quantitative estimate of drug-likeness (QED) is 0.603. The van der Waals surface area contributed by atoms with Gasteiger partial charge in [0, 0.05) is 6.54 Å². The number of urea groups is 1. The fraction of sp³-hybridized carbons (Fsp3) is 0.438. The highest BCUT2D eigenvalue weighted by Gasteiger charge is 2.26. The Morgan fingerprint density at radius 2 is 1.65 bits per heavy atom. The maximum atomic E-state index is 12.1. The van der Waals surface area contributed by atoms with E-state index in [1.807, 2.05) is 30.3 Å². The summed E-state index contributed by atoms with van der Waals surface area (Å²) in [7, 11) is 0. The average Bonchev–Trinajstić information content (AvgIpc) is 2.51. The summed E-state index contributed by atoms with van der Waals surface area (Å²) in [5, 5.41) is 16.4. The fourth-order valence-electron chi connectivity index (χ4n) is 1.87. The van der Waals surface area contributed by atoms with Crippen LogP contribution >= 0.6 is 0 Å². The van der Waals surface area contributed by atoms with Crippen molar-refractivity contribution >= 4 is 17.9 Å². The summed E-state index contributed by atoms with van der Waals surface area (Å²) in [6, 6.07) is 7.06. The van der Waals surface area contributed by atoms with Crippen molar-refractivity contribution in [2.24, 2.45) is 5.92 Å². The van der Waals surface area contributed by atoms with Gasteiger partial charge in [-0.25, -0.2) is 4.79 Å². The number of rotatable bonds is 7. The van der Waals surface area contributed by atoms with Gasteiger partial charge in [-0.1, -0.05) is 44.2 Å². The number of carboxylic acid groups (broad SMARTS) is 1. The molecule has 1 aromatic rings. The first kappa shape index (κ1) is 18.5. The lowest BCUT2D eigenvalue weighted by molar-refractivity contribution is -0.141. The Kier molecular flexibility index (Phi) is 7.05. The molecule has 0 spiro atoms. The van der Waals surface area contributed by atoms with Gasteiger partial charge in [-0.3, -0.25) is 9.59 Å². The van der Waals surface area contributed by atoms with Crippen molar-refractivity contribution < 1.29 is 19.5 Å². The molecule has 126 valence electrons. The van der Waals surface area contributed by atoms with Crippen LogP contribution in [-0.4, -0.2) is 35.1 Å². The molecule has 1 unspecified atom stereocenters. The highest BCUT2D eigenvalue weighted by atomic mass is 16.4. The average molecular weight is 321 g/mol. The Morgan fingerprint density at radius 3 is 2.17 bits per heavy atom. The summed E-state index contributed by atoms with van der Waals surface area (Å²) in [5.41, 5.74) is 0.938. The molecule has 0 bridgehead atoms. The molecule has 0 saturated heterocycles. The van der Waals surface area contributed by atoms with Crippen molar-refractivity contribution in [3.63, 3.8) is 0 Å². The molecule has 1 rings (SSSR count). The number of carbonyl (C=O) groups excluding carboxylic acids is 2. The van der Waals surface area contributed by atoms with Gasteiger partial charge in [-0.15, -0.1) is 0 Å². The highest BCUT2D eigenvalue weighted by Crippen LogP contribution is 2.03. The Labute approximate surface area is 135 Å². The molecule has 0 aromatic heterocycles. The lowest BCUT2D eigenvalue weighted by Crippen LogP contribution is -2.54. The molecule has 2 atom stereocenters. The van der Waals surface area contributed by atoms with E-state index in [4.69, 9.17) is 5.11 Å². The van der Waals surface area contributed by atoms with Gasteiger partial charge in [0.15, 0.2) is 0 Å². The molecule has 0 fully saturated rings. The number of carbonyl (C=O) groups is 3. The van der Waals surface area contributed by atoms with E-state index in [1.54, 1.807) is 13.8 Å². The summed E-state index contributed by atoms with van der Waals surface area (Å²) in [5.74, 6) is -1.84. The van der Waals surface area contributed by atoms with E-state index in [-0.39, 0.29) is 5.92 Å². The van der Waals surface area contributed by atoms with E-state index in [2.05, 4.69) is 16.0 Å². The number of carboxylic acids is 1. The van der Waals surface area contributed by atoms with Crippen LogP contribution < -0.4 is 16.0 Å². The third-order valence-corrected chi connectivity index (χ3v) is 3.26. The summed E-state index contributed by atoms with van der Waals surface area (Å²) < 4.78 is 0. The van der Waals surface area contributed by atoms with Crippen LogP contribution in [0.4, 0.5) is 4.79 Å². The van der Waals surface area contributed by atoms with Crippen LogP contribution in [0.2, 0.25) is 0 Å². The number of hydrogen-bond donors (Lipinski definition) is 4. The second-order valence-electron chi connectivity index (χ2n) is 5.60. The Balaban J connectivity index is 2.56. The normalized spacial score (nSPS) is 13.0. The Hall–Kier alpha value is -2.57. The maximum absolute atomic E-state index is 12.1. The zero-order valence-corrected chi connectivity index (χ0v) is 13.5. The highest BCUT2D eigenvalue weighted by molar-refractivity contribution is 5.90. The van der Waals surface area contributed by atoms with Crippen LogP contribution in [0.3, 0.4) is 0 Å². The predicted molar refractivity (Wildman–Crippen MR) is 85.7 cm³/mol. The molecule has 23 heavy (non-hydrogen) atoms. The minimum Gasteiger partial charge on any atom is -0.480 e.